The Bertz CT molecular complexity index is 718. The summed E-state index contributed by atoms with van der Waals surface area (Å²) in [6.07, 6.45) is -0.173. The average molecular weight is 333 g/mol. The van der Waals surface area contributed by atoms with Gasteiger partial charge < -0.3 is 10.1 Å². The highest BCUT2D eigenvalue weighted by Gasteiger charge is 2.14. The minimum absolute atomic E-state index is 0.107. The summed E-state index contributed by atoms with van der Waals surface area (Å²) in [4.78, 5) is 24.9. The zero-order valence-corrected chi connectivity index (χ0v) is 13.6. The molecule has 1 N–H and O–H groups in total. The Morgan fingerprint density at radius 1 is 1.17 bits per heavy atom. The SMILES string of the molecule is CCC(=O)Nc1cccc(OC(=O)N(C)c2cccc(Cl)c2)c1. The van der Waals surface area contributed by atoms with Crippen molar-refractivity contribution in [1.29, 1.82) is 0 Å². The highest BCUT2D eigenvalue weighted by molar-refractivity contribution is 6.30. The second kappa shape index (κ2) is 7.65. The number of nitrogens with one attached hydrogen (secondary N) is 1. The van der Waals surface area contributed by atoms with Gasteiger partial charge in [-0.25, -0.2) is 4.79 Å². The van der Waals surface area contributed by atoms with Crippen LogP contribution in [0.2, 0.25) is 5.02 Å². The fourth-order valence-corrected chi connectivity index (χ4v) is 2.03. The molecule has 0 aromatic heterocycles. The van der Waals surface area contributed by atoms with Crippen LogP contribution in [0.5, 0.6) is 5.75 Å². The lowest BCUT2D eigenvalue weighted by molar-refractivity contribution is -0.115. The van der Waals surface area contributed by atoms with Gasteiger partial charge in [0.05, 0.1) is 0 Å². The van der Waals surface area contributed by atoms with Gasteiger partial charge in [0.1, 0.15) is 5.75 Å². The van der Waals surface area contributed by atoms with E-state index in [0.717, 1.165) is 0 Å². The zero-order valence-electron chi connectivity index (χ0n) is 12.9. The second-order valence-electron chi connectivity index (χ2n) is 4.84. The molecule has 0 fully saturated rings. The Kier molecular flexibility index (Phi) is 5.60. The zero-order chi connectivity index (χ0) is 16.8. The lowest BCUT2D eigenvalue weighted by Crippen LogP contribution is -2.29. The summed E-state index contributed by atoms with van der Waals surface area (Å²) in [5, 5.41) is 3.25. The van der Waals surface area contributed by atoms with E-state index < -0.39 is 6.09 Å². The Hall–Kier alpha value is -2.53. The third kappa shape index (κ3) is 4.72. The van der Waals surface area contributed by atoms with Crippen LogP contribution in [0.25, 0.3) is 0 Å². The van der Waals surface area contributed by atoms with Gasteiger partial charge in [-0.2, -0.15) is 0 Å². The number of ether oxygens (including phenoxy) is 1. The highest BCUT2D eigenvalue weighted by atomic mass is 35.5. The summed E-state index contributed by atoms with van der Waals surface area (Å²) < 4.78 is 5.32. The van der Waals surface area contributed by atoms with Gasteiger partial charge in [0.25, 0.3) is 0 Å². The van der Waals surface area contributed by atoms with Crippen LogP contribution in [0.1, 0.15) is 13.3 Å². The first-order valence-corrected chi connectivity index (χ1v) is 7.48. The number of carbonyl (C=O) groups excluding carboxylic acids is 2. The number of hydrogen-bond acceptors (Lipinski definition) is 3. The molecule has 0 atom stereocenters. The number of carbonyl (C=O) groups is 2. The van der Waals surface area contributed by atoms with E-state index in [0.29, 0.717) is 28.6 Å². The van der Waals surface area contributed by atoms with Gasteiger partial charge in [0, 0.05) is 35.9 Å². The minimum atomic E-state index is -0.550. The van der Waals surface area contributed by atoms with Crippen LogP contribution in [-0.2, 0) is 4.79 Å². The Labute approximate surface area is 139 Å². The normalized spacial score (nSPS) is 10.0. The van der Waals surface area contributed by atoms with Crippen LogP contribution < -0.4 is 15.0 Å². The predicted octanol–water partition coefficient (Wildman–Crippen LogP) is 4.32. The first-order valence-electron chi connectivity index (χ1n) is 7.10. The van der Waals surface area contributed by atoms with Crippen molar-refractivity contribution in [3.8, 4) is 5.75 Å². The monoisotopic (exact) mass is 332 g/mol. The molecule has 0 spiro atoms. The van der Waals surface area contributed by atoms with E-state index in [1.807, 2.05) is 0 Å². The van der Waals surface area contributed by atoms with E-state index in [-0.39, 0.29) is 5.91 Å². The summed E-state index contributed by atoms with van der Waals surface area (Å²) in [5.41, 5.74) is 1.20. The molecular formula is C17H17ClN2O3. The fourth-order valence-electron chi connectivity index (χ4n) is 1.85. The molecule has 120 valence electrons. The van der Waals surface area contributed by atoms with Crippen molar-refractivity contribution in [2.45, 2.75) is 13.3 Å². The molecular weight excluding hydrogens is 316 g/mol. The third-order valence-corrected chi connectivity index (χ3v) is 3.35. The van der Waals surface area contributed by atoms with Gasteiger partial charge in [0.15, 0.2) is 0 Å². The molecule has 0 saturated heterocycles. The average Bonchev–Trinajstić information content (AvgIpc) is 2.54. The molecule has 0 radical (unpaired) electrons. The molecule has 2 amide bonds. The molecule has 0 aliphatic rings. The predicted molar refractivity (Wildman–Crippen MR) is 91.2 cm³/mol. The summed E-state index contributed by atoms with van der Waals surface area (Å²) in [6, 6.07) is 13.6. The van der Waals surface area contributed by atoms with Crippen LogP contribution in [0.4, 0.5) is 16.2 Å². The first kappa shape index (κ1) is 16.8. The van der Waals surface area contributed by atoms with E-state index in [9.17, 15) is 9.59 Å². The Balaban J connectivity index is 2.07. The molecule has 0 heterocycles. The van der Waals surface area contributed by atoms with Crippen LogP contribution >= 0.6 is 11.6 Å². The topological polar surface area (TPSA) is 58.6 Å². The summed E-state index contributed by atoms with van der Waals surface area (Å²) >= 11 is 5.92. The van der Waals surface area contributed by atoms with Crippen LogP contribution in [0, 0.1) is 0 Å². The van der Waals surface area contributed by atoms with Crippen molar-refractivity contribution < 1.29 is 14.3 Å². The molecule has 0 unspecified atom stereocenters. The molecule has 0 saturated carbocycles. The van der Waals surface area contributed by atoms with Crippen molar-refractivity contribution in [3.05, 3.63) is 53.6 Å². The molecule has 23 heavy (non-hydrogen) atoms. The maximum atomic E-state index is 12.2. The number of anilines is 2. The number of rotatable bonds is 4. The smallest absolute Gasteiger partial charge is 0.410 e. The third-order valence-electron chi connectivity index (χ3n) is 3.11. The lowest BCUT2D eigenvalue weighted by Gasteiger charge is -2.17. The maximum Gasteiger partial charge on any atom is 0.419 e. The highest BCUT2D eigenvalue weighted by Crippen LogP contribution is 2.21. The number of amides is 2. The van der Waals surface area contributed by atoms with Gasteiger partial charge in [-0.1, -0.05) is 30.7 Å². The Morgan fingerprint density at radius 2 is 1.91 bits per heavy atom. The maximum absolute atomic E-state index is 12.2. The van der Waals surface area contributed by atoms with Crippen LogP contribution in [0.15, 0.2) is 48.5 Å². The standard InChI is InChI=1S/C17H17ClN2O3/c1-3-16(21)19-13-7-5-9-15(11-13)23-17(22)20(2)14-8-4-6-12(18)10-14/h4-11H,3H2,1-2H3,(H,19,21). The van der Waals surface area contributed by atoms with Gasteiger partial charge in [-0.15, -0.1) is 0 Å². The van der Waals surface area contributed by atoms with E-state index >= 15 is 0 Å². The lowest BCUT2D eigenvalue weighted by atomic mass is 10.3. The van der Waals surface area contributed by atoms with E-state index in [1.165, 1.54) is 4.90 Å². The Morgan fingerprint density at radius 3 is 2.61 bits per heavy atom. The molecule has 2 aromatic rings. The van der Waals surface area contributed by atoms with E-state index in [4.69, 9.17) is 16.3 Å². The summed E-state index contributed by atoms with van der Waals surface area (Å²) in [6.45, 7) is 1.76. The summed E-state index contributed by atoms with van der Waals surface area (Å²) in [5.74, 6) is 0.238. The van der Waals surface area contributed by atoms with Crippen molar-refractivity contribution in [3.63, 3.8) is 0 Å². The van der Waals surface area contributed by atoms with Crippen molar-refractivity contribution >= 4 is 35.0 Å². The van der Waals surface area contributed by atoms with E-state index in [1.54, 1.807) is 62.5 Å². The van der Waals surface area contributed by atoms with Crippen molar-refractivity contribution in [2.24, 2.45) is 0 Å². The van der Waals surface area contributed by atoms with E-state index in [2.05, 4.69) is 5.32 Å². The number of halogens is 1. The van der Waals surface area contributed by atoms with Crippen molar-refractivity contribution in [1.82, 2.24) is 0 Å². The molecule has 0 aliphatic heterocycles. The molecule has 2 rings (SSSR count). The fraction of sp³-hybridized carbons (Fsp3) is 0.176. The van der Waals surface area contributed by atoms with Gasteiger partial charge in [-0.3, -0.25) is 9.69 Å². The molecule has 0 bridgehead atoms. The number of hydrogen-bond donors (Lipinski definition) is 1. The van der Waals surface area contributed by atoms with Crippen LogP contribution in [0.3, 0.4) is 0 Å². The summed E-state index contributed by atoms with van der Waals surface area (Å²) in [7, 11) is 1.59. The second-order valence-corrected chi connectivity index (χ2v) is 5.27. The molecule has 2 aromatic carbocycles. The molecule has 5 nitrogen and oxygen atoms in total. The first-order chi connectivity index (χ1) is 11.0. The largest absolute Gasteiger partial charge is 0.419 e. The molecule has 6 heteroatoms. The number of benzene rings is 2. The minimum Gasteiger partial charge on any atom is -0.410 e. The van der Waals surface area contributed by atoms with Gasteiger partial charge in [-0.05, 0) is 30.3 Å². The molecule has 0 aliphatic carbocycles. The van der Waals surface area contributed by atoms with Crippen LogP contribution in [-0.4, -0.2) is 19.0 Å². The van der Waals surface area contributed by atoms with Crippen molar-refractivity contribution in [2.75, 3.05) is 17.3 Å². The quantitative estimate of drug-likeness (QED) is 0.906. The number of nitrogens with zero attached hydrogens (tertiary/aromatic N) is 1. The van der Waals surface area contributed by atoms with Gasteiger partial charge in [0.2, 0.25) is 5.91 Å². The van der Waals surface area contributed by atoms with Gasteiger partial charge >= 0.3 is 6.09 Å².